The average Bonchev–Trinajstić information content (AvgIpc) is 2.59. The molecule has 11 heteroatoms. The minimum absolute atomic E-state index is 0.262. The van der Waals surface area contributed by atoms with Crippen LogP contribution in [0.15, 0.2) is 37.6 Å². The van der Waals surface area contributed by atoms with Gasteiger partial charge in [0.05, 0.1) is 34.5 Å². The van der Waals surface area contributed by atoms with Crippen molar-refractivity contribution in [3.8, 4) is 0 Å². The van der Waals surface area contributed by atoms with Gasteiger partial charge in [-0.25, -0.2) is 4.79 Å². The molecule has 1 atom stereocenters. The monoisotopic (exact) mass is 437 g/mol. The standard InChI is InChI=1S/C15H13Cl2NO6S2/c16-8-1-2-9(17)15-14(8)25-10(5-19)13(26-15)7(3-11(20)21)4-18-24-6-12(22)23/h1-2,4,10,19H,3,5-6H2,(H,20,21)(H,22,23)/b13-7-,18-4+. The van der Waals surface area contributed by atoms with Crippen LogP contribution in [0.25, 0.3) is 0 Å². The number of hydrogen-bond donors (Lipinski definition) is 3. The Bertz CT molecular complexity index is 784. The first kappa shape index (κ1) is 20.9. The number of aliphatic carboxylic acids is 2. The highest BCUT2D eigenvalue weighted by atomic mass is 35.5. The van der Waals surface area contributed by atoms with Crippen LogP contribution in [0.2, 0.25) is 10.0 Å². The van der Waals surface area contributed by atoms with Gasteiger partial charge in [0.15, 0.2) is 0 Å². The van der Waals surface area contributed by atoms with Gasteiger partial charge in [-0.05, 0) is 17.7 Å². The van der Waals surface area contributed by atoms with E-state index in [1.807, 2.05) is 0 Å². The van der Waals surface area contributed by atoms with Gasteiger partial charge in [-0.3, -0.25) is 4.79 Å². The summed E-state index contributed by atoms with van der Waals surface area (Å²) in [6.07, 6.45) is 0.763. The summed E-state index contributed by atoms with van der Waals surface area (Å²) in [7, 11) is 0. The second-order valence-electron chi connectivity index (χ2n) is 4.94. The molecule has 0 amide bonds. The van der Waals surface area contributed by atoms with Crippen molar-refractivity contribution >= 4 is 64.9 Å². The summed E-state index contributed by atoms with van der Waals surface area (Å²) < 4.78 is 0. The average molecular weight is 438 g/mol. The van der Waals surface area contributed by atoms with Gasteiger partial charge in [0.25, 0.3) is 0 Å². The third kappa shape index (κ3) is 5.31. The molecule has 1 aliphatic rings. The number of carboxylic acids is 2. The number of rotatable bonds is 7. The molecule has 1 aromatic rings. The quantitative estimate of drug-likeness (QED) is 0.438. The summed E-state index contributed by atoms with van der Waals surface area (Å²) in [5.74, 6) is -2.32. The molecule has 1 aromatic carbocycles. The molecule has 0 spiro atoms. The number of carboxylic acid groups (broad SMARTS) is 2. The fourth-order valence-corrected chi connectivity index (χ4v) is 5.34. The van der Waals surface area contributed by atoms with Crippen molar-refractivity contribution in [3.05, 3.63) is 32.7 Å². The summed E-state index contributed by atoms with van der Waals surface area (Å²) in [5, 5.41) is 31.4. The summed E-state index contributed by atoms with van der Waals surface area (Å²) >= 11 is 14.9. The molecule has 7 nitrogen and oxygen atoms in total. The summed E-state index contributed by atoms with van der Waals surface area (Å²) in [4.78, 5) is 28.2. The SMILES string of the molecule is O=C(O)CO/N=C/C(CC(=O)O)=C1\Sc2c(Cl)ccc(Cl)c2SC1CO. The van der Waals surface area contributed by atoms with E-state index in [2.05, 4.69) is 9.99 Å². The normalized spacial score (nSPS) is 18.5. The summed E-state index contributed by atoms with van der Waals surface area (Å²) in [6, 6.07) is 3.28. The van der Waals surface area contributed by atoms with Crippen molar-refractivity contribution in [1.29, 1.82) is 0 Å². The van der Waals surface area contributed by atoms with Crippen molar-refractivity contribution < 1.29 is 29.7 Å². The van der Waals surface area contributed by atoms with E-state index >= 15 is 0 Å². The van der Waals surface area contributed by atoms with E-state index in [9.17, 15) is 14.7 Å². The Balaban J connectivity index is 2.43. The number of aliphatic hydroxyl groups excluding tert-OH is 1. The number of nitrogens with zero attached hydrogens (tertiary/aromatic N) is 1. The van der Waals surface area contributed by atoms with E-state index in [1.165, 1.54) is 23.5 Å². The molecule has 0 bridgehead atoms. The van der Waals surface area contributed by atoms with Crippen LogP contribution in [0.3, 0.4) is 0 Å². The van der Waals surface area contributed by atoms with Gasteiger partial charge in [0.2, 0.25) is 6.61 Å². The lowest BCUT2D eigenvalue weighted by Gasteiger charge is -2.28. The molecule has 0 aliphatic carbocycles. The lowest BCUT2D eigenvalue weighted by Crippen LogP contribution is -2.17. The lowest BCUT2D eigenvalue weighted by atomic mass is 10.1. The van der Waals surface area contributed by atoms with E-state index < -0.39 is 23.8 Å². The fraction of sp³-hybridized carbons (Fsp3) is 0.267. The highest BCUT2D eigenvalue weighted by Crippen LogP contribution is 2.53. The molecule has 1 unspecified atom stereocenters. The molecule has 0 fully saturated rings. The maximum Gasteiger partial charge on any atom is 0.344 e. The second-order valence-corrected chi connectivity index (χ2v) is 8.02. The zero-order valence-corrected chi connectivity index (χ0v) is 16.2. The fourth-order valence-electron chi connectivity index (χ4n) is 2.04. The topological polar surface area (TPSA) is 116 Å². The first-order chi connectivity index (χ1) is 12.3. The van der Waals surface area contributed by atoms with Gasteiger partial charge >= 0.3 is 11.9 Å². The number of oxime groups is 1. The van der Waals surface area contributed by atoms with E-state index in [-0.39, 0.29) is 18.6 Å². The van der Waals surface area contributed by atoms with Gasteiger partial charge in [-0.1, -0.05) is 40.1 Å². The number of halogens is 2. The first-order valence-electron chi connectivity index (χ1n) is 7.08. The van der Waals surface area contributed by atoms with Crippen LogP contribution in [0.5, 0.6) is 0 Å². The Morgan fingerprint density at radius 3 is 2.42 bits per heavy atom. The maximum absolute atomic E-state index is 11.2. The highest BCUT2D eigenvalue weighted by Gasteiger charge is 2.30. The summed E-state index contributed by atoms with van der Waals surface area (Å²) in [5.41, 5.74) is 0.279. The van der Waals surface area contributed by atoms with Crippen LogP contribution < -0.4 is 0 Å². The molecule has 1 heterocycles. The Morgan fingerprint density at radius 1 is 1.19 bits per heavy atom. The van der Waals surface area contributed by atoms with Gasteiger partial charge in [0, 0.05) is 14.7 Å². The lowest BCUT2D eigenvalue weighted by molar-refractivity contribution is -0.142. The van der Waals surface area contributed by atoms with Crippen molar-refractivity contribution in [1.82, 2.24) is 0 Å². The largest absolute Gasteiger partial charge is 0.481 e. The molecule has 0 saturated heterocycles. The van der Waals surface area contributed by atoms with Crippen LogP contribution in [-0.4, -0.2) is 51.9 Å². The molecule has 26 heavy (non-hydrogen) atoms. The number of hydrogen-bond acceptors (Lipinski definition) is 7. The van der Waals surface area contributed by atoms with Gasteiger partial charge in [-0.2, -0.15) is 0 Å². The van der Waals surface area contributed by atoms with E-state index in [1.54, 1.807) is 12.1 Å². The van der Waals surface area contributed by atoms with Crippen LogP contribution in [0.4, 0.5) is 0 Å². The first-order valence-corrected chi connectivity index (χ1v) is 9.54. The summed E-state index contributed by atoms with van der Waals surface area (Å²) in [6.45, 7) is -0.913. The van der Waals surface area contributed by atoms with E-state index in [0.29, 0.717) is 24.7 Å². The Labute approximate surface area is 167 Å². The molecular formula is C15H13Cl2NO6S2. The zero-order valence-electron chi connectivity index (χ0n) is 13.0. The van der Waals surface area contributed by atoms with Crippen molar-refractivity contribution in [2.75, 3.05) is 13.2 Å². The molecule has 2 rings (SSSR count). The Morgan fingerprint density at radius 2 is 1.85 bits per heavy atom. The van der Waals surface area contributed by atoms with Gasteiger partial charge in [-0.15, -0.1) is 11.8 Å². The molecule has 0 radical (unpaired) electrons. The molecule has 0 aromatic heterocycles. The number of aliphatic hydroxyl groups is 1. The molecule has 140 valence electrons. The maximum atomic E-state index is 11.2. The van der Waals surface area contributed by atoms with Crippen molar-refractivity contribution in [2.45, 2.75) is 21.5 Å². The highest BCUT2D eigenvalue weighted by molar-refractivity contribution is 8.09. The van der Waals surface area contributed by atoms with Crippen molar-refractivity contribution in [3.63, 3.8) is 0 Å². The number of thioether (sulfide) groups is 2. The predicted octanol–water partition coefficient (Wildman–Crippen LogP) is 3.37. The third-order valence-electron chi connectivity index (χ3n) is 3.08. The second kappa shape index (κ2) is 9.52. The van der Waals surface area contributed by atoms with Crippen LogP contribution in [-0.2, 0) is 14.4 Å². The van der Waals surface area contributed by atoms with E-state index in [4.69, 9.17) is 33.4 Å². The van der Waals surface area contributed by atoms with Gasteiger partial charge in [0.1, 0.15) is 0 Å². The van der Waals surface area contributed by atoms with E-state index in [0.717, 1.165) is 6.21 Å². The number of carbonyl (C=O) groups is 2. The number of benzene rings is 1. The zero-order chi connectivity index (χ0) is 19.3. The third-order valence-corrected chi connectivity index (χ3v) is 6.93. The Kier molecular flexibility index (Phi) is 7.66. The molecule has 0 saturated carbocycles. The predicted molar refractivity (Wildman–Crippen MR) is 100 cm³/mol. The van der Waals surface area contributed by atoms with Crippen LogP contribution in [0, 0.1) is 0 Å². The molecule has 3 N–H and O–H groups in total. The molecule has 1 aliphatic heterocycles. The van der Waals surface area contributed by atoms with Crippen LogP contribution >= 0.6 is 46.7 Å². The Hall–Kier alpha value is -1.39. The minimum Gasteiger partial charge on any atom is -0.481 e. The van der Waals surface area contributed by atoms with Crippen LogP contribution in [0.1, 0.15) is 6.42 Å². The number of fused-ring (bicyclic) bond motifs is 1. The van der Waals surface area contributed by atoms with Crippen molar-refractivity contribution in [2.24, 2.45) is 5.16 Å². The minimum atomic E-state index is -1.21. The van der Waals surface area contributed by atoms with Gasteiger partial charge < -0.3 is 20.2 Å². The molecular weight excluding hydrogens is 425 g/mol. The smallest absolute Gasteiger partial charge is 0.344 e.